The van der Waals surface area contributed by atoms with Gasteiger partial charge < -0.3 is 5.11 Å². The quantitative estimate of drug-likeness (QED) is 0.453. The molecule has 3 aromatic carbocycles. The van der Waals surface area contributed by atoms with E-state index in [-0.39, 0.29) is 6.47 Å². The molecule has 0 fully saturated rings. The van der Waals surface area contributed by atoms with Crippen molar-refractivity contribution < 1.29 is 9.90 Å². The summed E-state index contributed by atoms with van der Waals surface area (Å²) >= 11 is 0. The lowest BCUT2D eigenvalue weighted by Crippen LogP contribution is -1.94. The summed E-state index contributed by atoms with van der Waals surface area (Å²) in [5, 5.41) is 20.8. The largest absolute Gasteiger partial charge is 0.483 e. The fourth-order valence-corrected chi connectivity index (χ4v) is 3.66. The highest BCUT2D eigenvalue weighted by Gasteiger charge is 2.11. The standard InChI is InChI=1S/C24H20N2.CH2O2/c1-16(2)11-17-7-8-19-14-26-15-24(23(19)12-17)22-10-9-18(13-25)20-5-3-4-6-21(20)22;2-1-3/h3-10,12,14-16H,11H2,1-2H3;1H,(H,2,3). The van der Waals surface area contributed by atoms with Crippen molar-refractivity contribution in [3.05, 3.63) is 78.1 Å². The summed E-state index contributed by atoms with van der Waals surface area (Å²) in [5.41, 5.74) is 4.30. The third kappa shape index (κ3) is 4.25. The molecule has 144 valence electrons. The minimum atomic E-state index is -0.250. The molecule has 29 heavy (non-hydrogen) atoms. The van der Waals surface area contributed by atoms with Crippen LogP contribution in [0.4, 0.5) is 0 Å². The van der Waals surface area contributed by atoms with Crippen LogP contribution in [0.1, 0.15) is 25.0 Å². The summed E-state index contributed by atoms with van der Waals surface area (Å²) < 4.78 is 0. The number of carboxylic acid groups (broad SMARTS) is 1. The summed E-state index contributed by atoms with van der Waals surface area (Å²) in [6, 6.07) is 21.0. The average Bonchev–Trinajstić information content (AvgIpc) is 2.73. The van der Waals surface area contributed by atoms with Gasteiger partial charge in [-0.05, 0) is 40.3 Å². The predicted molar refractivity (Wildman–Crippen MR) is 117 cm³/mol. The van der Waals surface area contributed by atoms with E-state index >= 15 is 0 Å². The smallest absolute Gasteiger partial charge is 0.290 e. The van der Waals surface area contributed by atoms with E-state index in [9.17, 15) is 5.26 Å². The molecule has 0 bridgehead atoms. The first-order valence-corrected chi connectivity index (χ1v) is 9.45. The minimum absolute atomic E-state index is 0.250. The molecule has 1 N–H and O–H groups in total. The minimum Gasteiger partial charge on any atom is -0.483 e. The molecule has 0 spiro atoms. The van der Waals surface area contributed by atoms with Gasteiger partial charge in [0.15, 0.2) is 0 Å². The summed E-state index contributed by atoms with van der Waals surface area (Å²) in [5.74, 6) is 0.619. The maximum absolute atomic E-state index is 9.43. The lowest BCUT2D eigenvalue weighted by atomic mass is 9.92. The topological polar surface area (TPSA) is 74.0 Å². The van der Waals surface area contributed by atoms with E-state index in [0.717, 1.165) is 33.7 Å². The zero-order chi connectivity index (χ0) is 20.8. The van der Waals surface area contributed by atoms with Crippen LogP contribution in [0.5, 0.6) is 0 Å². The molecule has 4 aromatic rings. The third-order valence-corrected chi connectivity index (χ3v) is 4.80. The number of nitrogens with zero attached hydrogens (tertiary/aromatic N) is 2. The molecule has 4 heteroatoms. The van der Waals surface area contributed by atoms with Gasteiger partial charge in [-0.25, -0.2) is 0 Å². The zero-order valence-corrected chi connectivity index (χ0v) is 16.5. The van der Waals surface area contributed by atoms with Gasteiger partial charge in [0.2, 0.25) is 0 Å². The molecule has 0 amide bonds. The van der Waals surface area contributed by atoms with Crippen LogP contribution < -0.4 is 0 Å². The van der Waals surface area contributed by atoms with Crippen LogP contribution in [0.2, 0.25) is 0 Å². The van der Waals surface area contributed by atoms with Crippen molar-refractivity contribution in [2.45, 2.75) is 20.3 Å². The van der Waals surface area contributed by atoms with Crippen molar-refractivity contribution >= 4 is 28.0 Å². The number of hydrogen-bond acceptors (Lipinski definition) is 3. The first kappa shape index (κ1) is 20.0. The molecule has 0 aliphatic heterocycles. The van der Waals surface area contributed by atoms with E-state index < -0.39 is 0 Å². The molecule has 0 atom stereocenters. The molecule has 0 aliphatic rings. The Hall–Kier alpha value is -3.71. The van der Waals surface area contributed by atoms with E-state index in [1.807, 2.05) is 42.7 Å². The number of fused-ring (bicyclic) bond motifs is 2. The van der Waals surface area contributed by atoms with Crippen LogP contribution in [0.25, 0.3) is 32.7 Å². The van der Waals surface area contributed by atoms with Gasteiger partial charge in [-0.3, -0.25) is 9.78 Å². The first-order valence-electron chi connectivity index (χ1n) is 9.45. The van der Waals surface area contributed by atoms with E-state index in [0.29, 0.717) is 11.5 Å². The van der Waals surface area contributed by atoms with E-state index in [1.54, 1.807) is 0 Å². The average molecular weight is 382 g/mol. The SMILES string of the molecule is CC(C)Cc1ccc2cncc(-c3ccc(C#N)c4ccccc34)c2c1.O=CO. The number of pyridine rings is 1. The van der Waals surface area contributed by atoms with Crippen molar-refractivity contribution in [2.75, 3.05) is 0 Å². The number of aromatic nitrogens is 1. The maximum Gasteiger partial charge on any atom is 0.290 e. The first-order chi connectivity index (χ1) is 14.1. The van der Waals surface area contributed by atoms with E-state index in [1.165, 1.54) is 10.9 Å². The van der Waals surface area contributed by atoms with Crippen molar-refractivity contribution in [3.63, 3.8) is 0 Å². The van der Waals surface area contributed by atoms with Crippen LogP contribution in [0, 0.1) is 17.2 Å². The molecule has 0 saturated heterocycles. The number of nitriles is 1. The van der Waals surface area contributed by atoms with Crippen molar-refractivity contribution in [2.24, 2.45) is 5.92 Å². The second-order valence-corrected chi connectivity index (χ2v) is 7.26. The van der Waals surface area contributed by atoms with Gasteiger partial charge in [0.05, 0.1) is 11.6 Å². The Balaban J connectivity index is 0.000000755. The van der Waals surface area contributed by atoms with Gasteiger partial charge in [0.25, 0.3) is 6.47 Å². The lowest BCUT2D eigenvalue weighted by molar-refractivity contribution is -0.122. The molecular formula is C25H22N2O2. The molecule has 4 nitrogen and oxygen atoms in total. The van der Waals surface area contributed by atoms with Crippen molar-refractivity contribution in [3.8, 4) is 17.2 Å². The monoisotopic (exact) mass is 382 g/mol. The highest BCUT2D eigenvalue weighted by atomic mass is 16.3. The fraction of sp³-hybridized carbons (Fsp3) is 0.160. The lowest BCUT2D eigenvalue weighted by Gasteiger charge is -2.12. The van der Waals surface area contributed by atoms with Crippen LogP contribution >= 0.6 is 0 Å². The Labute approximate surface area is 170 Å². The van der Waals surface area contributed by atoms with Gasteiger partial charge in [-0.2, -0.15) is 5.26 Å². The molecule has 4 rings (SSSR count). The highest BCUT2D eigenvalue weighted by molar-refractivity contribution is 6.06. The summed E-state index contributed by atoms with van der Waals surface area (Å²) in [7, 11) is 0. The molecule has 1 aromatic heterocycles. The van der Waals surface area contributed by atoms with E-state index in [4.69, 9.17) is 9.90 Å². The number of rotatable bonds is 3. The second kappa shape index (κ2) is 8.99. The van der Waals surface area contributed by atoms with Crippen LogP contribution in [0.3, 0.4) is 0 Å². The second-order valence-electron chi connectivity index (χ2n) is 7.26. The normalized spacial score (nSPS) is 10.4. The van der Waals surface area contributed by atoms with Gasteiger partial charge in [-0.1, -0.05) is 62.4 Å². The molecule has 0 aliphatic carbocycles. The van der Waals surface area contributed by atoms with E-state index in [2.05, 4.69) is 49.2 Å². The predicted octanol–water partition coefficient (Wildman–Crippen LogP) is 5.83. The Morgan fingerprint density at radius 1 is 1.00 bits per heavy atom. The molecule has 0 saturated carbocycles. The third-order valence-electron chi connectivity index (χ3n) is 4.80. The number of hydrogen-bond donors (Lipinski definition) is 1. The maximum atomic E-state index is 9.43. The summed E-state index contributed by atoms with van der Waals surface area (Å²) in [6.07, 6.45) is 4.92. The fourth-order valence-electron chi connectivity index (χ4n) is 3.66. The highest BCUT2D eigenvalue weighted by Crippen LogP contribution is 2.35. The van der Waals surface area contributed by atoms with Crippen LogP contribution in [-0.2, 0) is 11.2 Å². The van der Waals surface area contributed by atoms with Gasteiger partial charge in [0.1, 0.15) is 0 Å². The molecule has 1 heterocycles. The molecular weight excluding hydrogens is 360 g/mol. The van der Waals surface area contributed by atoms with Gasteiger partial charge in [-0.15, -0.1) is 0 Å². The van der Waals surface area contributed by atoms with Gasteiger partial charge >= 0.3 is 0 Å². The Kier molecular flexibility index (Phi) is 6.21. The summed E-state index contributed by atoms with van der Waals surface area (Å²) in [4.78, 5) is 12.8. The van der Waals surface area contributed by atoms with Crippen LogP contribution in [-0.4, -0.2) is 16.6 Å². The number of carbonyl (C=O) groups is 1. The van der Waals surface area contributed by atoms with Crippen molar-refractivity contribution in [1.82, 2.24) is 4.98 Å². The van der Waals surface area contributed by atoms with Crippen molar-refractivity contribution in [1.29, 1.82) is 5.26 Å². The zero-order valence-electron chi connectivity index (χ0n) is 16.5. The molecule has 0 unspecified atom stereocenters. The Morgan fingerprint density at radius 2 is 1.72 bits per heavy atom. The van der Waals surface area contributed by atoms with Crippen LogP contribution in [0.15, 0.2) is 67.0 Å². The molecule has 0 radical (unpaired) electrons. The Morgan fingerprint density at radius 3 is 2.41 bits per heavy atom. The summed E-state index contributed by atoms with van der Waals surface area (Å²) in [6.45, 7) is 4.23. The Bertz CT molecular complexity index is 1210. The number of benzene rings is 3. The van der Waals surface area contributed by atoms with Gasteiger partial charge in [0, 0.05) is 28.7 Å².